The van der Waals surface area contributed by atoms with Crippen molar-refractivity contribution in [2.24, 2.45) is 0 Å². The Labute approximate surface area is 88.4 Å². The largest absolute Gasteiger partial charge is 0.497 e. The summed E-state index contributed by atoms with van der Waals surface area (Å²) in [4.78, 5) is 12.0. The van der Waals surface area contributed by atoms with Crippen molar-refractivity contribution in [3.63, 3.8) is 0 Å². The zero-order chi connectivity index (χ0) is 11.3. The molecule has 0 unspecified atom stereocenters. The van der Waals surface area contributed by atoms with Crippen molar-refractivity contribution in [2.75, 3.05) is 19.1 Å². The maximum absolute atomic E-state index is 10.3. The Balaban J connectivity index is 2.81. The summed E-state index contributed by atoms with van der Waals surface area (Å²) in [7, 11) is 3.36. The van der Waals surface area contributed by atoms with Gasteiger partial charge in [-0.25, -0.2) is 4.79 Å². The molecule has 0 aliphatic rings. The fourth-order valence-corrected chi connectivity index (χ4v) is 1.09. The van der Waals surface area contributed by atoms with E-state index in [1.54, 1.807) is 19.1 Å². The number of hydrogen-bond donors (Lipinski definition) is 1. The van der Waals surface area contributed by atoms with Crippen LogP contribution >= 0.6 is 0 Å². The van der Waals surface area contributed by atoms with E-state index in [2.05, 4.69) is 0 Å². The van der Waals surface area contributed by atoms with Crippen LogP contribution in [-0.4, -0.2) is 25.2 Å². The summed E-state index contributed by atoms with van der Waals surface area (Å²) in [5, 5.41) is 8.47. The molecule has 1 aromatic carbocycles. The van der Waals surface area contributed by atoms with E-state index in [-0.39, 0.29) is 0 Å². The zero-order valence-electron chi connectivity index (χ0n) is 8.68. The molecule has 0 bridgehead atoms. The van der Waals surface area contributed by atoms with Crippen LogP contribution in [0.4, 0.5) is 5.69 Å². The average Bonchev–Trinajstić information content (AvgIpc) is 2.26. The van der Waals surface area contributed by atoms with Gasteiger partial charge in [0, 0.05) is 31.1 Å². The monoisotopic (exact) mass is 207 g/mol. The van der Waals surface area contributed by atoms with Crippen LogP contribution in [0.2, 0.25) is 0 Å². The van der Waals surface area contributed by atoms with Gasteiger partial charge in [-0.15, -0.1) is 0 Å². The number of carbonyl (C=O) groups is 1. The number of benzene rings is 1. The minimum Gasteiger partial charge on any atom is -0.497 e. The van der Waals surface area contributed by atoms with Gasteiger partial charge in [-0.1, -0.05) is 6.07 Å². The first-order valence-corrected chi connectivity index (χ1v) is 4.41. The second-order valence-electron chi connectivity index (χ2n) is 2.97. The maximum atomic E-state index is 10.3. The van der Waals surface area contributed by atoms with Gasteiger partial charge in [0.1, 0.15) is 5.75 Å². The Kier molecular flexibility index (Phi) is 3.74. The molecule has 0 saturated heterocycles. The van der Waals surface area contributed by atoms with E-state index in [0.717, 1.165) is 17.5 Å². The Morgan fingerprint density at radius 1 is 1.53 bits per heavy atom. The molecule has 0 saturated carbocycles. The molecule has 0 heterocycles. The van der Waals surface area contributed by atoms with E-state index in [4.69, 9.17) is 9.84 Å². The maximum Gasteiger partial charge on any atom is 0.329 e. The number of ether oxygens (including phenoxy) is 1. The van der Waals surface area contributed by atoms with E-state index in [1.807, 2.05) is 24.3 Å². The highest BCUT2D eigenvalue weighted by atomic mass is 16.5. The Bertz CT molecular complexity index is 374. The number of rotatable bonds is 4. The number of aliphatic carboxylic acids is 1. The first kappa shape index (κ1) is 11.1. The molecule has 0 aromatic heterocycles. The first-order chi connectivity index (χ1) is 7.13. The van der Waals surface area contributed by atoms with Crippen molar-refractivity contribution in [3.8, 4) is 5.75 Å². The fourth-order valence-electron chi connectivity index (χ4n) is 1.09. The molecule has 0 fully saturated rings. The topological polar surface area (TPSA) is 49.8 Å². The Morgan fingerprint density at radius 2 is 2.27 bits per heavy atom. The number of methoxy groups -OCH3 is 1. The van der Waals surface area contributed by atoms with Crippen molar-refractivity contribution >= 4 is 11.7 Å². The highest BCUT2D eigenvalue weighted by Crippen LogP contribution is 2.19. The van der Waals surface area contributed by atoms with Crippen LogP contribution < -0.4 is 9.64 Å². The molecule has 0 radical (unpaired) electrons. The molecule has 4 nitrogen and oxygen atoms in total. The number of anilines is 1. The number of carboxylic acid groups (broad SMARTS) is 1. The van der Waals surface area contributed by atoms with Crippen LogP contribution in [0.3, 0.4) is 0 Å². The Morgan fingerprint density at radius 3 is 2.87 bits per heavy atom. The third-order valence-electron chi connectivity index (χ3n) is 1.90. The molecule has 80 valence electrons. The van der Waals surface area contributed by atoms with Crippen molar-refractivity contribution < 1.29 is 14.6 Å². The van der Waals surface area contributed by atoms with Gasteiger partial charge in [0.25, 0.3) is 0 Å². The number of nitrogens with zero attached hydrogens (tertiary/aromatic N) is 1. The van der Waals surface area contributed by atoms with E-state index < -0.39 is 5.97 Å². The fraction of sp³-hybridized carbons (Fsp3) is 0.182. The lowest BCUT2D eigenvalue weighted by atomic mass is 10.3. The quantitative estimate of drug-likeness (QED) is 0.764. The number of hydrogen-bond acceptors (Lipinski definition) is 3. The number of carboxylic acids is 1. The molecular weight excluding hydrogens is 194 g/mol. The smallest absolute Gasteiger partial charge is 0.329 e. The van der Waals surface area contributed by atoms with Gasteiger partial charge in [-0.3, -0.25) is 0 Å². The van der Waals surface area contributed by atoms with Gasteiger partial charge >= 0.3 is 5.97 Å². The summed E-state index contributed by atoms with van der Waals surface area (Å²) >= 11 is 0. The highest BCUT2D eigenvalue weighted by molar-refractivity contribution is 5.80. The average molecular weight is 207 g/mol. The van der Waals surface area contributed by atoms with Gasteiger partial charge in [0.05, 0.1) is 7.11 Å². The second-order valence-corrected chi connectivity index (χ2v) is 2.97. The molecule has 0 aliphatic heterocycles. The molecule has 1 rings (SSSR count). The van der Waals surface area contributed by atoms with Crippen LogP contribution in [0.5, 0.6) is 5.75 Å². The lowest BCUT2D eigenvalue weighted by Gasteiger charge is -2.14. The molecule has 1 N–H and O–H groups in total. The van der Waals surface area contributed by atoms with Crippen molar-refractivity contribution in [3.05, 3.63) is 36.5 Å². The van der Waals surface area contributed by atoms with Crippen LogP contribution in [0.25, 0.3) is 0 Å². The Hall–Kier alpha value is -1.97. The predicted octanol–water partition coefficient (Wildman–Crippen LogP) is 1.73. The third-order valence-corrected chi connectivity index (χ3v) is 1.90. The summed E-state index contributed by atoms with van der Waals surface area (Å²) in [5.41, 5.74) is 0.867. The van der Waals surface area contributed by atoms with Crippen molar-refractivity contribution in [2.45, 2.75) is 0 Å². The lowest BCUT2D eigenvalue weighted by Crippen LogP contribution is -2.08. The SMILES string of the molecule is COc1cccc(N(C)C=CC(=O)O)c1. The minimum atomic E-state index is -0.968. The summed E-state index contributed by atoms with van der Waals surface area (Å²) in [6, 6.07) is 7.37. The van der Waals surface area contributed by atoms with E-state index >= 15 is 0 Å². The molecule has 0 aliphatic carbocycles. The molecule has 4 heteroatoms. The molecule has 0 spiro atoms. The minimum absolute atomic E-state index is 0.739. The molecule has 15 heavy (non-hydrogen) atoms. The van der Waals surface area contributed by atoms with Gasteiger partial charge in [-0.05, 0) is 12.1 Å². The van der Waals surface area contributed by atoms with Crippen LogP contribution in [-0.2, 0) is 4.79 Å². The molecule has 0 atom stereocenters. The van der Waals surface area contributed by atoms with Crippen LogP contribution in [0.1, 0.15) is 0 Å². The van der Waals surface area contributed by atoms with Gasteiger partial charge in [0.2, 0.25) is 0 Å². The summed E-state index contributed by atoms with van der Waals surface area (Å²) in [5.74, 6) is -0.229. The van der Waals surface area contributed by atoms with Gasteiger partial charge < -0.3 is 14.7 Å². The predicted molar refractivity (Wildman–Crippen MR) is 58.2 cm³/mol. The molecule has 1 aromatic rings. The van der Waals surface area contributed by atoms with Crippen LogP contribution in [0, 0.1) is 0 Å². The first-order valence-electron chi connectivity index (χ1n) is 4.41. The van der Waals surface area contributed by atoms with Crippen LogP contribution in [0.15, 0.2) is 36.5 Å². The summed E-state index contributed by atoms with van der Waals surface area (Å²) in [6.45, 7) is 0. The van der Waals surface area contributed by atoms with Crippen molar-refractivity contribution in [1.29, 1.82) is 0 Å². The summed E-state index contributed by atoms with van der Waals surface area (Å²) in [6.07, 6.45) is 2.57. The lowest BCUT2D eigenvalue weighted by molar-refractivity contribution is -0.131. The zero-order valence-corrected chi connectivity index (χ0v) is 8.68. The van der Waals surface area contributed by atoms with E-state index in [0.29, 0.717) is 0 Å². The van der Waals surface area contributed by atoms with Gasteiger partial charge in [-0.2, -0.15) is 0 Å². The van der Waals surface area contributed by atoms with E-state index in [9.17, 15) is 4.79 Å². The van der Waals surface area contributed by atoms with E-state index in [1.165, 1.54) is 6.20 Å². The normalized spacial score (nSPS) is 10.3. The summed E-state index contributed by atoms with van der Waals surface area (Å²) < 4.78 is 5.06. The molecular formula is C11H13NO3. The van der Waals surface area contributed by atoms with Gasteiger partial charge in [0.15, 0.2) is 0 Å². The third kappa shape index (κ3) is 3.34. The highest BCUT2D eigenvalue weighted by Gasteiger charge is 1.99. The molecule has 0 amide bonds. The standard InChI is InChI=1S/C11H13NO3/c1-12(7-6-11(13)14)9-4-3-5-10(8-9)15-2/h3-8H,1-2H3,(H,13,14). The second kappa shape index (κ2) is 5.05. The van der Waals surface area contributed by atoms with Crippen molar-refractivity contribution in [1.82, 2.24) is 0 Å².